The van der Waals surface area contributed by atoms with Crippen LogP contribution in [0.25, 0.3) is 10.9 Å². The van der Waals surface area contributed by atoms with Crippen LogP contribution in [0.2, 0.25) is 0 Å². The number of methoxy groups -OCH3 is 1. The number of piperidine rings is 1. The largest absolute Gasteiger partial charge is 0.497 e. The molecule has 1 saturated heterocycles. The number of aryl methyl sites for hydroxylation is 1. The van der Waals surface area contributed by atoms with Crippen LogP contribution in [0.15, 0.2) is 66.7 Å². The number of aliphatic hydroxyl groups is 1. The van der Waals surface area contributed by atoms with E-state index in [-0.39, 0.29) is 30.3 Å². The van der Waals surface area contributed by atoms with E-state index < -0.39 is 29.1 Å². The molecular weight excluding hydrogens is 542 g/mol. The summed E-state index contributed by atoms with van der Waals surface area (Å²) in [5.41, 5.74) is 2.19. The van der Waals surface area contributed by atoms with Gasteiger partial charge in [0.15, 0.2) is 0 Å². The lowest BCUT2D eigenvalue weighted by molar-refractivity contribution is 0.0534. The highest BCUT2D eigenvalue weighted by Gasteiger charge is 2.50. The molecule has 4 aromatic rings. The Labute approximate surface area is 242 Å². The van der Waals surface area contributed by atoms with E-state index in [0.717, 1.165) is 22.2 Å². The molecule has 1 aromatic heterocycles. The standard InChI is InChI=1S/C32H32F2N4O4/c1-36-26-17-20(42-2)11-12-22(26)28-29(36)27(18-39)38(31(41)35-25-10-6-5-9-24(25)34)19-32(28)13-15-37(16-14-32)30(40)21-7-3-4-8-23(21)33/h3-12,17,27,39H,13-16,18-19H2,1-2H3,(H,35,41)/t27-/m1/s1. The van der Waals surface area contributed by atoms with Crippen LogP contribution in [0.5, 0.6) is 5.75 Å². The number of aliphatic hydroxyl groups excluding tert-OH is 1. The van der Waals surface area contributed by atoms with Crippen molar-refractivity contribution in [3.63, 3.8) is 0 Å². The van der Waals surface area contributed by atoms with E-state index in [0.29, 0.717) is 31.7 Å². The zero-order chi connectivity index (χ0) is 29.6. The number of anilines is 1. The maximum absolute atomic E-state index is 14.5. The number of ether oxygens (including phenoxy) is 1. The zero-order valence-corrected chi connectivity index (χ0v) is 23.4. The molecule has 42 heavy (non-hydrogen) atoms. The molecule has 2 aliphatic heterocycles. The van der Waals surface area contributed by atoms with Crippen molar-refractivity contribution < 1.29 is 28.2 Å². The number of hydrogen-bond donors (Lipinski definition) is 2. The van der Waals surface area contributed by atoms with Gasteiger partial charge < -0.3 is 29.5 Å². The number of nitrogens with one attached hydrogen (secondary N) is 1. The van der Waals surface area contributed by atoms with E-state index >= 15 is 0 Å². The Morgan fingerprint density at radius 1 is 1.02 bits per heavy atom. The first kappa shape index (κ1) is 27.7. The summed E-state index contributed by atoms with van der Waals surface area (Å²) >= 11 is 0. The summed E-state index contributed by atoms with van der Waals surface area (Å²) in [6.45, 7) is 0.614. The number of nitrogens with zero attached hydrogens (tertiary/aromatic N) is 3. The van der Waals surface area contributed by atoms with Crippen LogP contribution in [0, 0.1) is 11.6 Å². The number of halogens is 2. The molecule has 0 saturated carbocycles. The van der Waals surface area contributed by atoms with Crippen LogP contribution >= 0.6 is 0 Å². The highest BCUT2D eigenvalue weighted by molar-refractivity contribution is 5.95. The number of aromatic nitrogens is 1. The van der Waals surface area contributed by atoms with E-state index in [1.54, 1.807) is 41.2 Å². The number of likely N-dealkylation sites (tertiary alicyclic amines) is 1. The number of para-hydroxylation sites is 1. The molecule has 2 N–H and O–H groups in total. The van der Waals surface area contributed by atoms with Gasteiger partial charge in [-0.15, -0.1) is 0 Å². The van der Waals surface area contributed by atoms with E-state index in [2.05, 4.69) is 5.32 Å². The average Bonchev–Trinajstić information content (AvgIpc) is 3.31. The predicted molar refractivity (Wildman–Crippen MR) is 155 cm³/mol. The van der Waals surface area contributed by atoms with Crippen molar-refractivity contribution in [3.05, 3.63) is 95.2 Å². The molecule has 10 heteroatoms. The minimum atomic E-state index is -0.695. The van der Waals surface area contributed by atoms with Gasteiger partial charge in [-0.2, -0.15) is 0 Å². The number of carbonyl (C=O) groups is 2. The van der Waals surface area contributed by atoms with Crippen LogP contribution in [0.4, 0.5) is 19.3 Å². The fraction of sp³-hybridized carbons (Fsp3) is 0.312. The summed E-state index contributed by atoms with van der Waals surface area (Å²) < 4.78 is 36.4. The monoisotopic (exact) mass is 574 g/mol. The third kappa shape index (κ3) is 4.46. The first-order valence-electron chi connectivity index (χ1n) is 13.9. The number of amides is 3. The molecule has 2 aliphatic rings. The molecule has 3 heterocycles. The number of urea groups is 1. The molecule has 1 atom stereocenters. The van der Waals surface area contributed by atoms with Crippen LogP contribution < -0.4 is 10.1 Å². The van der Waals surface area contributed by atoms with Crippen molar-refractivity contribution in [1.29, 1.82) is 0 Å². The first-order valence-corrected chi connectivity index (χ1v) is 13.9. The minimum absolute atomic E-state index is 0.0290. The second-order valence-electron chi connectivity index (χ2n) is 11.0. The van der Waals surface area contributed by atoms with E-state index in [9.17, 15) is 23.5 Å². The first-order chi connectivity index (χ1) is 20.3. The van der Waals surface area contributed by atoms with Crippen LogP contribution in [-0.4, -0.2) is 64.8 Å². The second-order valence-corrected chi connectivity index (χ2v) is 11.0. The van der Waals surface area contributed by atoms with E-state index in [4.69, 9.17) is 4.74 Å². The molecule has 6 rings (SSSR count). The normalized spacial score (nSPS) is 17.8. The molecule has 3 amide bonds. The molecular formula is C32H32F2N4O4. The second kappa shape index (κ2) is 10.8. The molecule has 3 aromatic carbocycles. The Morgan fingerprint density at radius 3 is 2.38 bits per heavy atom. The molecule has 0 radical (unpaired) electrons. The smallest absolute Gasteiger partial charge is 0.322 e. The van der Waals surface area contributed by atoms with Crippen LogP contribution in [-0.2, 0) is 12.5 Å². The molecule has 8 nitrogen and oxygen atoms in total. The van der Waals surface area contributed by atoms with Gasteiger partial charge in [0.2, 0.25) is 0 Å². The summed E-state index contributed by atoms with van der Waals surface area (Å²) in [6.07, 6.45) is 1.01. The SMILES string of the molecule is COc1ccc2c3c(n(C)c2c1)[C@@H](CO)N(C(=O)Nc1ccccc1F)CC31CCN(C(=O)c2ccccc2F)CC1. The van der Waals surface area contributed by atoms with Gasteiger partial charge in [0.1, 0.15) is 17.4 Å². The minimum Gasteiger partial charge on any atom is -0.497 e. The zero-order valence-electron chi connectivity index (χ0n) is 23.4. The van der Waals surface area contributed by atoms with Crippen molar-refractivity contribution in [1.82, 2.24) is 14.4 Å². The van der Waals surface area contributed by atoms with Crippen LogP contribution in [0.3, 0.4) is 0 Å². The molecule has 218 valence electrons. The third-order valence-electron chi connectivity index (χ3n) is 8.81. The molecule has 0 bridgehead atoms. The Bertz CT molecular complexity index is 1680. The lowest BCUT2D eigenvalue weighted by Gasteiger charge is -2.50. The summed E-state index contributed by atoms with van der Waals surface area (Å²) in [4.78, 5) is 30.2. The Morgan fingerprint density at radius 2 is 1.71 bits per heavy atom. The van der Waals surface area contributed by atoms with E-state index in [1.165, 1.54) is 24.3 Å². The number of benzene rings is 3. The quantitative estimate of drug-likeness (QED) is 0.350. The van der Waals surface area contributed by atoms with Gasteiger partial charge in [-0.25, -0.2) is 13.6 Å². The van der Waals surface area contributed by atoms with Gasteiger partial charge >= 0.3 is 6.03 Å². The van der Waals surface area contributed by atoms with Crippen molar-refractivity contribution in [2.24, 2.45) is 7.05 Å². The molecule has 0 unspecified atom stereocenters. The average molecular weight is 575 g/mol. The number of hydrogen-bond acceptors (Lipinski definition) is 4. The van der Waals surface area contributed by atoms with Crippen molar-refractivity contribution in [2.45, 2.75) is 24.3 Å². The Balaban J connectivity index is 1.42. The lowest BCUT2D eigenvalue weighted by atomic mass is 9.68. The topological polar surface area (TPSA) is 87.0 Å². The van der Waals surface area contributed by atoms with Crippen molar-refractivity contribution >= 4 is 28.5 Å². The highest BCUT2D eigenvalue weighted by Crippen LogP contribution is 2.50. The Kier molecular flexibility index (Phi) is 7.10. The van der Waals surface area contributed by atoms with Crippen molar-refractivity contribution in [2.75, 3.05) is 38.7 Å². The fourth-order valence-corrected chi connectivity index (χ4v) is 6.67. The van der Waals surface area contributed by atoms with Gasteiger partial charge in [-0.1, -0.05) is 24.3 Å². The molecule has 1 fully saturated rings. The van der Waals surface area contributed by atoms with Gasteiger partial charge in [0, 0.05) is 49.2 Å². The highest BCUT2D eigenvalue weighted by atomic mass is 19.1. The summed E-state index contributed by atoms with van der Waals surface area (Å²) in [7, 11) is 3.49. The fourth-order valence-electron chi connectivity index (χ4n) is 6.67. The third-order valence-corrected chi connectivity index (χ3v) is 8.81. The number of carbonyl (C=O) groups excluding carboxylic acids is 2. The Hall–Kier alpha value is -4.44. The maximum atomic E-state index is 14.5. The number of fused-ring (bicyclic) bond motifs is 4. The van der Waals surface area contributed by atoms with Gasteiger partial charge in [-0.05, 0) is 54.8 Å². The maximum Gasteiger partial charge on any atom is 0.322 e. The van der Waals surface area contributed by atoms with Crippen LogP contribution in [0.1, 0.15) is 40.5 Å². The molecule has 1 spiro atoms. The summed E-state index contributed by atoms with van der Waals surface area (Å²) in [6, 6.07) is 16.5. The summed E-state index contributed by atoms with van der Waals surface area (Å²) in [5.74, 6) is -0.818. The van der Waals surface area contributed by atoms with Gasteiger partial charge in [0.25, 0.3) is 5.91 Å². The van der Waals surface area contributed by atoms with Crippen molar-refractivity contribution in [3.8, 4) is 5.75 Å². The predicted octanol–water partition coefficient (Wildman–Crippen LogP) is 5.22. The van der Waals surface area contributed by atoms with E-state index in [1.807, 2.05) is 29.8 Å². The number of rotatable bonds is 4. The van der Waals surface area contributed by atoms with Gasteiger partial charge in [-0.3, -0.25) is 4.79 Å². The molecule has 0 aliphatic carbocycles. The lowest BCUT2D eigenvalue weighted by Crippen LogP contribution is -2.56. The summed E-state index contributed by atoms with van der Waals surface area (Å²) in [5, 5.41) is 14.3. The van der Waals surface area contributed by atoms with Gasteiger partial charge in [0.05, 0.1) is 36.5 Å².